The third-order valence-corrected chi connectivity index (χ3v) is 4.33. The van der Waals surface area contributed by atoms with Crippen LogP contribution in [0.15, 0.2) is 0 Å². The van der Waals surface area contributed by atoms with Crippen LogP contribution in [0.25, 0.3) is 0 Å². The van der Waals surface area contributed by atoms with Crippen LogP contribution in [0.3, 0.4) is 0 Å². The summed E-state index contributed by atoms with van der Waals surface area (Å²) in [6.45, 7) is 10.6. The molecule has 0 fully saturated rings. The van der Waals surface area contributed by atoms with Gasteiger partial charge in [-0.15, -0.1) is 0 Å². The van der Waals surface area contributed by atoms with E-state index in [0.717, 1.165) is 13.2 Å². The molecule has 1 N–H and O–H groups in total. The van der Waals surface area contributed by atoms with Crippen LogP contribution < -0.4 is 5.32 Å². The lowest BCUT2D eigenvalue weighted by Crippen LogP contribution is -2.39. The van der Waals surface area contributed by atoms with Gasteiger partial charge in [-0.3, -0.25) is 0 Å². The van der Waals surface area contributed by atoms with Crippen molar-refractivity contribution < 1.29 is 4.74 Å². The zero-order chi connectivity index (χ0) is 15.8. The molecule has 0 aromatic heterocycles. The largest absolute Gasteiger partial charge is 0.377 e. The molecule has 21 heavy (non-hydrogen) atoms. The predicted molar refractivity (Wildman–Crippen MR) is 95.0 cm³/mol. The van der Waals surface area contributed by atoms with Crippen LogP contribution in [-0.4, -0.2) is 25.3 Å². The summed E-state index contributed by atoms with van der Waals surface area (Å²) in [5.74, 6) is 0. The Bertz CT molecular complexity index is 196. The summed E-state index contributed by atoms with van der Waals surface area (Å²) in [6, 6.07) is 0.531. The van der Waals surface area contributed by atoms with Crippen LogP contribution in [0.5, 0.6) is 0 Å². The third kappa shape index (κ3) is 13.3. The molecule has 0 aromatic rings. The van der Waals surface area contributed by atoms with Crippen molar-refractivity contribution in [2.45, 2.75) is 110 Å². The third-order valence-electron chi connectivity index (χ3n) is 4.33. The molecule has 2 nitrogen and oxygen atoms in total. The second-order valence-corrected chi connectivity index (χ2v) is 6.30. The Balaban J connectivity index is 3.45. The summed E-state index contributed by atoms with van der Waals surface area (Å²) in [7, 11) is 0. The summed E-state index contributed by atoms with van der Waals surface area (Å²) < 4.78 is 5.74. The first-order chi connectivity index (χ1) is 10.3. The van der Waals surface area contributed by atoms with Gasteiger partial charge in [0.2, 0.25) is 0 Å². The number of hydrogen-bond donors (Lipinski definition) is 1. The normalized spacial score (nSPS) is 14.3. The van der Waals surface area contributed by atoms with Gasteiger partial charge in [-0.1, -0.05) is 78.1 Å². The highest BCUT2D eigenvalue weighted by Gasteiger charge is 2.15. The fourth-order valence-corrected chi connectivity index (χ4v) is 3.00. The average molecular weight is 300 g/mol. The van der Waals surface area contributed by atoms with E-state index in [1.165, 1.54) is 70.6 Å². The van der Waals surface area contributed by atoms with Gasteiger partial charge < -0.3 is 10.1 Å². The molecule has 0 aliphatic heterocycles. The van der Waals surface area contributed by atoms with E-state index < -0.39 is 0 Å². The smallest absolute Gasteiger partial charge is 0.0699 e. The Labute approximate surface area is 134 Å². The van der Waals surface area contributed by atoms with Crippen molar-refractivity contribution in [3.05, 3.63) is 0 Å². The van der Waals surface area contributed by atoms with Crippen LogP contribution in [0, 0.1) is 0 Å². The van der Waals surface area contributed by atoms with Crippen LogP contribution in [0.2, 0.25) is 0 Å². The summed E-state index contributed by atoms with van der Waals surface area (Å²) >= 11 is 0. The van der Waals surface area contributed by atoms with Crippen molar-refractivity contribution in [3.63, 3.8) is 0 Å². The van der Waals surface area contributed by atoms with Gasteiger partial charge in [0.1, 0.15) is 0 Å². The monoisotopic (exact) mass is 299 g/mol. The maximum Gasteiger partial charge on any atom is 0.0699 e. The van der Waals surface area contributed by atoms with E-state index >= 15 is 0 Å². The zero-order valence-electron chi connectivity index (χ0n) is 15.3. The van der Waals surface area contributed by atoms with Crippen molar-refractivity contribution >= 4 is 0 Å². The average Bonchev–Trinajstić information content (AvgIpc) is 2.48. The topological polar surface area (TPSA) is 21.3 Å². The van der Waals surface area contributed by atoms with Crippen LogP contribution in [-0.2, 0) is 4.74 Å². The van der Waals surface area contributed by atoms with Crippen molar-refractivity contribution in [1.82, 2.24) is 5.32 Å². The highest BCUT2D eigenvalue weighted by Crippen LogP contribution is 2.13. The van der Waals surface area contributed by atoms with Gasteiger partial charge >= 0.3 is 0 Å². The fourth-order valence-electron chi connectivity index (χ4n) is 3.00. The highest BCUT2D eigenvalue weighted by atomic mass is 16.5. The summed E-state index contributed by atoms with van der Waals surface area (Å²) in [4.78, 5) is 0. The number of unbranched alkanes of at least 4 members (excludes halogenated alkanes) is 9. The maximum absolute atomic E-state index is 5.74. The van der Waals surface area contributed by atoms with E-state index in [4.69, 9.17) is 4.74 Å². The van der Waals surface area contributed by atoms with Crippen molar-refractivity contribution in [2.75, 3.05) is 13.2 Å². The van der Waals surface area contributed by atoms with Gasteiger partial charge in [-0.05, 0) is 26.8 Å². The fraction of sp³-hybridized carbons (Fsp3) is 1.00. The van der Waals surface area contributed by atoms with Crippen molar-refractivity contribution in [2.24, 2.45) is 0 Å². The number of nitrogens with one attached hydrogen (secondary N) is 1. The quantitative estimate of drug-likeness (QED) is 0.369. The van der Waals surface area contributed by atoms with Gasteiger partial charge in [-0.25, -0.2) is 0 Å². The van der Waals surface area contributed by atoms with E-state index in [2.05, 4.69) is 33.0 Å². The van der Waals surface area contributed by atoms with Crippen molar-refractivity contribution in [1.29, 1.82) is 0 Å². The predicted octanol–water partition coefficient (Wildman–Crippen LogP) is 5.70. The molecule has 0 amide bonds. The first-order valence-corrected chi connectivity index (χ1v) is 9.61. The lowest BCUT2D eigenvalue weighted by Gasteiger charge is -2.24. The Morgan fingerprint density at radius 1 is 0.762 bits per heavy atom. The highest BCUT2D eigenvalue weighted by molar-refractivity contribution is 4.73. The Hall–Kier alpha value is -0.0800. The molecule has 2 unspecified atom stereocenters. The summed E-state index contributed by atoms with van der Waals surface area (Å²) in [5, 5.41) is 3.57. The van der Waals surface area contributed by atoms with Gasteiger partial charge in [0.15, 0.2) is 0 Å². The number of ether oxygens (including phenoxy) is 1. The minimum Gasteiger partial charge on any atom is -0.377 e. The van der Waals surface area contributed by atoms with Gasteiger partial charge in [0.25, 0.3) is 0 Å². The van der Waals surface area contributed by atoms with Gasteiger partial charge in [-0.2, -0.15) is 0 Å². The lowest BCUT2D eigenvalue weighted by atomic mass is 10.0. The maximum atomic E-state index is 5.74. The summed E-state index contributed by atoms with van der Waals surface area (Å²) in [6.07, 6.45) is 15.7. The van der Waals surface area contributed by atoms with E-state index in [9.17, 15) is 0 Å². The lowest BCUT2D eigenvalue weighted by molar-refractivity contribution is 0.0449. The number of hydrogen-bond acceptors (Lipinski definition) is 2. The van der Waals surface area contributed by atoms with E-state index in [1.807, 2.05) is 0 Å². The van der Waals surface area contributed by atoms with Crippen molar-refractivity contribution in [3.8, 4) is 0 Å². The molecule has 0 bridgehead atoms. The molecule has 2 atom stereocenters. The minimum absolute atomic E-state index is 0.341. The first-order valence-electron chi connectivity index (χ1n) is 9.61. The van der Waals surface area contributed by atoms with E-state index in [-0.39, 0.29) is 0 Å². The van der Waals surface area contributed by atoms with Crippen LogP contribution in [0.1, 0.15) is 98.3 Å². The molecular weight excluding hydrogens is 258 g/mol. The second-order valence-electron chi connectivity index (χ2n) is 6.30. The molecule has 0 radical (unpaired) electrons. The molecule has 0 aliphatic rings. The standard InChI is InChI=1S/C19H41NO/c1-5-8-9-10-11-12-13-14-15-16-17-19(20-6-2)18(4)21-7-3/h18-20H,5-17H2,1-4H3. The molecule has 0 aliphatic carbocycles. The molecular formula is C19H41NO. The Morgan fingerprint density at radius 2 is 1.29 bits per heavy atom. The zero-order valence-corrected chi connectivity index (χ0v) is 15.3. The molecule has 0 rings (SSSR count). The van der Waals surface area contributed by atoms with E-state index in [1.54, 1.807) is 0 Å². The molecule has 0 saturated carbocycles. The minimum atomic E-state index is 0.341. The SMILES string of the molecule is CCCCCCCCCCCCC(NCC)C(C)OCC. The van der Waals surface area contributed by atoms with E-state index in [0.29, 0.717) is 12.1 Å². The van der Waals surface area contributed by atoms with Crippen LogP contribution >= 0.6 is 0 Å². The first kappa shape index (κ1) is 20.9. The summed E-state index contributed by atoms with van der Waals surface area (Å²) in [5.41, 5.74) is 0. The van der Waals surface area contributed by atoms with Gasteiger partial charge in [0.05, 0.1) is 6.10 Å². The number of likely N-dealkylation sites (N-methyl/N-ethyl adjacent to an activating group) is 1. The molecule has 128 valence electrons. The Morgan fingerprint density at radius 3 is 1.76 bits per heavy atom. The molecule has 2 heteroatoms. The number of rotatable bonds is 16. The Kier molecular flexibility index (Phi) is 16.2. The molecule has 0 spiro atoms. The molecule has 0 aromatic carbocycles. The molecule has 0 saturated heterocycles. The van der Waals surface area contributed by atoms with Gasteiger partial charge in [0, 0.05) is 12.6 Å². The van der Waals surface area contributed by atoms with Crippen LogP contribution in [0.4, 0.5) is 0 Å². The second kappa shape index (κ2) is 16.3. The molecule has 0 heterocycles.